The third kappa shape index (κ3) is 5.89. The van der Waals surface area contributed by atoms with Crippen LogP contribution < -0.4 is 10.9 Å². The lowest BCUT2D eigenvalue weighted by atomic mass is 10.0. The zero-order valence-corrected chi connectivity index (χ0v) is 18.5. The Morgan fingerprint density at radius 3 is 2.44 bits per heavy atom. The minimum absolute atomic E-state index is 0.349. The van der Waals surface area contributed by atoms with E-state index >= 15 is 0 Å². The van der Waals surface area contributed by atoms with Gasteiger partial charge in [-0.25, -0.2) is 4.39 Å². The number of nitrogens with one attached hydrogen (secondary N) is 2. The highest BCUT2D eigenvalue weighted by molar-refractivity contribution is 5.95. The minimum atomic E-state index is -0.444. The van der Waals surface area contributed by atoms with Crippen molar-refractivity contribution in [2.24, 2.45) is 5.92 Å². The molecule has 3 aromatic carbocycles. The first-order valence-corrected chi connectivity index (χ1v) is 10.7. The second-order valence-corrected chi connectivity index (χ2v) is 7.88. The molecule has 34 heavy (non-hydrogen) atoms. The number of aromatic nitrogens is 4. The lowest BCUT2D eigenvalue weighted by Gasteiger charge is -2.13. The largest absolute Gasteiger partial charge is 0.273 e. The van der Waals surface area contributed by atoms with Crippen LogP contribution in [0.4, 0.5) is 4.39 Å². The summed E-state index contributed by atoms with van der Waals surface area (Å²) in [5.41, 5.74) is 7.71. The molecule has 2 N–H and O–H groups in total. The number of hydrogen-bond acceptors (Lipinski definition) is 5. The van der Waals surface area contributed by atoms with Gasteiger partial charge in [0.15, 0.2) is 0 Å². The zero-order valence-electron chi connectivity index (χ0n) is 18.5. The molecule has 4 rings (SSSR count). The Morgan fingerprint density at radius 2 is 1.71 bits per heavy atom. The first kappa shape index (κ1) is 22.8. The van der Waals surface area contributed by atoms with Crippen LogP contribution in [0.5, 0.6) is 0 Å². The summed E-state index contributed by atoms with van der Waals surface area (Å²) in [5.74, 6) is -1.05. The molecular weight excluding hydrogens is 435 g/mol. The van der Waals surface area contributed by atoms with Gasteiger partial charge in [0.2, 0.25) is 11.7 Å². The molecular formula is C25H23FN6O2. The van der Waals surface area contributed by atoms with Gasteiger partial charge >= 0.3 is 0 Å². The van der Waals surface area contributed by atoms with Gasteiger partial charge in [0, 0.05) is 17.0 Å². The van der Waals surface area contributed by atoms with E-state index in [1.165, 1.54) is 16.9 Å². The Balaban J connectivity index is 1.28. The Hall–Kier alpha value is -4.40. The van der Waals surface area contributed by atoms with Crippen LogP contribution in [0.1, 0.15) is 28.4 Å². The molecule has 2 amide bonds. The second-order valence-electron chi connectivity index (χ2n) is 7.88. The summed E-state index contributed by atoms with van der Waals surface area (Å²) in [6.45, 7) is 2.11. The monoisotopic (exact) mass is 458 g/mol. The minimum Gasteiger partial charge on any atom is -0.273 e. The van der Waals surface area contributed by atoms with Crippen LogP contribution in [0.15, 0.2) is 78.9 Å². The van der Waals surface area contributed by atoms with E-state index in [9.17, 15) is 14.0 Å². The number of amides is 2. The lowest BCUT2D eigenvalue weighted by Crippen LogP contribution is -2.44. The van der Waals surface area contributed by atoms with Crippen molar-refractivity contribution < 1.29 is 14.0 Å². The van der Waals surface area contributed by atoms with Crippen molar-refractivity contribution in [2.75, 3.05) is 0 Å². The maximum absolute atomic E-state index is 13.3. The number of carbonyl (C=O) groups excluding carboxylic acids is 2. The summed E-state index contributed by atoms with van der Waals surface area (Å²) >= 11 is 0. The van der Waals surface area contributed by atoms with Gasteiger partial charge in [-0.1, -0.05) is 61.5 Å². The molecule has 0 spiro atoms. The van der Waals surface area contributed by atoms with Crippen molar-refractivity contribution in [3.8, 4) is 11.4 Å². The van der Waals surface area contributed by atoms with Crippen LogP contribution in [0.25, 0.3) is 11.4 Å². The fourth-order valence-electron chi connectivity index (χ4n) is 3.36. The van der Waals surface area contributed by atoms with E-state index in [0.29, 0.717) is 29.9 Å². The van der Waals surface area contributed by atoms with Crippen molar-refractivity contribution in [2.45, 2.75) is 19.9 Å². The topological polar surface area (TPSA) is 102 Å². The number of rotatable bonds is 7. The van der Waals surface area contributed by atoms with Crippen LogP contribution in [0, 0.1) is 11.7 Å². The predicted octanol–water partition coefficient (Wildman–Crippen LogP) is 3.17. The molecule has 0 fully saturated rings. The zero-order chi connectivity index (χ0) is 23.9. The number of nitrogens with zero attached hydrogens (tertiary/aromatic N) is 4. The Morgan fingerprint density at radius 1 is 0.941 bits per heavy atom. The molecule has 1 aromatic heterocycles. The summed E-state index contributed by atoms with van der Waals surface area (Å²) in [5, 5.41) is 12.5. The third-order valence-electron chi connectivity index (χ3n) is 5.20. The highest BCUT2D eigenvalue weighted by atomic mass is 19.1. The smallest absolute Gasteiger partial charge is 0.269 e. The van der Waals surface area contributed by atoms with E-state index in [1.807, 2.05) is 30.3 Å². The molecule has 0 radical (unpaired) electrons. The first-order chi connectivity index (χ1) is 16.5. The van der Waals surface area contributed by atoms with Crippen LogP contribution in [-0.2, 0) is 17.8 Å². The molecule has 1 unspecified atom stereocenters. The van der Waals surface area contributed by atoms with Gasteiger partial charge in [0.05, 0.1) is 6.54 Å². The predicted molar refractivity (Wildman–Crippen MR) is 124 cm³/mol. The van der Waals surface area contributed by atoms with Crippen molar-refractivity contribution in [1.29, 1.82) is 0 Å². The quantitative estimate of drug-likeness (QED) is 0.414. The molecule has 0 bridgehead atoms. The van der Waals surface area contributed by atoms with Crippen molar-refractivity contribution in [1.82, 2.24) is 31.1 Å². The van der Waals surface area contributed by atoms with Gasteiger partial charge in [-0.05, 0) is 47.0 Å². The van der Waals surface area contributed by atoms with Gasteiger partial charge in [-0.3, -0.25) is 20.4 Å². The van der Waals surface area contributed by atoms with E-state index in [0.717, 1.165) is 11.1 Å². The van der Waals surface area contributed by atoms with Crippen LogP contribution in [-0.4, -0.2) is 32.0 Å². The Bertz CT molecular complexity index is 1270. The molecule has 172 valence electrons. The van der Waals surface area contributed by atoms with Crippen LogP contribution >= 0.6 is 0 Å². The molecule has 0 aliphatic carbocycles. The molecule has 1 atom stereocenters. The van der Waals surface area contributed by atoms with Gasteiger partial charge in [-0.15, -0.1) is 10.2 Å². The maximum Gasteiger partial charge on any atom is 0.269 e. The van der Waals surface area contributed by atoms with Gasteiger partial charge < -0.3 is 0 Å². The van der Waals surface area contributed by atoms with E-state index in [1.54, 1.807) is 43.3 Å². The molecule has 0 aliphatic heterocycles. The fourth-order valence-corrected chi connectivity index (χ4v) is 3.36. The third-order valence-corrected chi connectivity index (χ3v) is 5.20. The van der Waals surface area contributed by atoms with Gasteiger partial charge in [0.25, 0.3) is 5.91 Å². The average Bonchev–Trinajstić information content (AvgIpc) is 3.32. The number of halogens is 1. The number of carbonyl (C=O) groups is 2. The highest BCUT2D eigenvalue weighted by Gasteiger charge is 2.15. The number of hydrazine groups is 1. The lowest BCUT2D eigenvalue weighted by molar-refractivity contribution is -0.125. The highest BCUT2D eigenvalue weighted by Crippen LogP contribution is 2.13. The van der Waals surface area contributed by atoms with Crippen LogP contribution in [0.2, 0.25) is 0 Å². The van der Waals surface area contributed by atoms with E-state index < -0.39 is 11.8 Å². The Labute approximate surface area is 195 Å². The van der Waals surface area contributed by atoms with Crippen LogP contribution in [0.3, 0.4) is 0 Å². The fraction of sp³-hybridized carbons (Fsp3) is 0.160. The number of hydrogen-bond donors (Lipinski definition) is 2. The average molecular weight is 458 g/mol. The van der Waals surface area contributed by atoms with Gasteiger partial charge in [-0.2, -0.15) is 4.80 Å². The number of tetrazole rings is 1. The summed E-state index contributed by atoms with van der Waals surface area (Å²) in [6.07, 6.45) is 0.358. The standard InChI is InChI=1S/C25H23FN6O2/c1-17(14-19-6-5-9-22(26)15-19)24(33)28-29-25(34)21-12-10-18(11-13-21)16-32-30-23(27-31-32)20-7-3-2-4-8-20/h2-13,15,17H,14,16H2,1H3,(H,28,33)(H,29,34). The first-order valence-electron chi connectivity index (χ1n) is 10.7. The summed E-state index contributed by atoms with van der Waals surface area (Å²) < 4.78 is 13.3. The molecule has 8 nitrogen and oxygen atoms in total. The Kier molecular flexibility index (Phi) is 7.02. The van der Waals surface area contributed by atoms with E-state index in [-0.39, 0.29) is 11.7 Å². The molecule has 1 heterocycles. The second kappa shape index (κ2) is 10.5. The molecule has 0 saturated heterocycles. The summed E-state index contributed by atoms with van der Waals surface area (Å²) in [6, 6.07) is 22.5. The van der Waals surface area contributed by atoms with E-state index in [4.69, 9.17) is 0 Å². The SMILES string of the molecule is CC(Cc1cccc(F)c1)C(=O)NNC(=O)c1ccc(Cn2nnc(-c3ccccc3)n2)cc1. The van der Waals surface area contributed by atoms with Crippen molar-refractivity contribution in [3.63, 3.8) is 0 Å². The summed E-state index contributed by atoms with van der Waals surface area (Å²) in [4.78, 5) is 26.2. The molecule has 4 aromatic rings. The van der Waals surface area contributed by atoms with Crippen molar-refractivity contribution in [3.05, 3.63) is 101 Å². The molecule has 9 heteroatoms. The van der Waals surface area contributed by atoms with Crippen molar-refractivity contribution >= 4 is 11.8 Å². The molecule has 0 aliphatic rings. The van der Waals surface area contributed by atoms with E-state index in [2.05, 4.69) is 26.3 Å². The summed E-state index contributed by atoms with van der Waals surface area (Å²) in [7, 11) is 0. The number of benzene rings is 3. The molecule has 0 saturated carbocycles. The normalized spacial score (nSPS) is 11.6. The van der Waals surface area contributed by atoms with Gasteiger partial charge in [0.1, 0.15) is 5.82 Å². The maximum atomic E-state index is 13.3.